The first-order valence-electron chi connectivity index (χ1n) is 10.0. The molecule has 1 aromatic rings. The Balaban J connectivity index is 0.00000227. The lowest BCUT2D eigenvalue weighted by molar-refractivity contribution is -0.151. The highest BCUT2D eigenvalue weighted by molar-refractivity contribution is 5.73. The summed E-state index contributed by atoms with van der Waals surface area (Å²) in [4.78, 5) is 23.9. The van der Waals surface area contributed by atoms with Crippen LogP contribution in [-0.2, 0) is 32.3 Å². The van der Waals surface area contributed by atoms with Crippen molar-refractivity contribution < 1.29 is 19.1 Å². The van der Waals surface area contributed by atoms with Crippen molar-refractivity contribution in [3.05, 3.63) is 60.7 Å². The maximum Gasteiger partial charge on any atom is 0.309 e. The fourth-order valence-corrected chi connectivity index (χ4v) is 2.37. The van der Waals surface area contributed by atoms with Crippen LogP contribution in [0.1, 0.15) is 64.5 Å². The largest absolute Gasteiger partial charge is 0.461 e. The molecule has 0 bridgehead atoms. The summed E-state index contributed by atoms with van der Waals surface area (Å²) in [7, 11) is 0. The molecule has 4 nitrogen and oxygen atoms in total. The van der Waals surface area contributed by atoms with E-state index in [0.29, 0.717) is 19.3 Å². The average Bonchev–Trinajstić information content (AvgIpc) is 2.68. The number of hydrogen-bond acceptors (Lipinski definition) is 4. The number of esters is 2. The van der Waals surface area contributed by atoms with E-state index in [9.17, 15) is 9.59 Å². The van der Waals surface area contributed by atoms with Gasteiger partial charge in [0, 0.05) is 6.42 Å². The SMILES string of the molecule is C=CCCC(=O)OCc1ccccc1COC(=O)C(CC=C)C(C)C.CCC. The number of ether oxygens (including phenoxy) is 2. The molecule has 0 aliphatic rings. The standard InChI is InChI=1S/C21H28O4.C3H8/c1-5-7-13-20(22)24-14-17-11-8-9-12-18(17)15-25-21(23)19(10-6-2)16(3)4;1-3-2/h5-6,8-9,11-12,16,19H,1-2,7,10,13-15H2,3-4H3;3H2,1-2H3. The average molecular weight is 389 g/mol. The number of carbonyl (C=O) groups is 2. The van der Waals surface area contributed by atoms with Gasteiger partial charge in [-0.05, 0) is 29.9 Å². The Kier molecular flexibility index (Phi) is 14.4. The summed E-state index contributed by atoms with van der Waals surface area (Å²) in [5.74, 6) is -0.502. The van der Waals surface area contributed by atoms with Crippen LogP contribution in [0.3, 0.4) is 0 Å². The topological polar surface area (TPSA) is 52.6 Å². The predicted molar refractivity (Wildman–Crippen MR) is 115 cm³/mol. The molecular formula is C24H36O4. The van der Waals surface area contributed by atoms with Gasteiger partial charge in [-0.2, -0.15) is 0 Å². The fraction of sp³-hybridized carbons (Fsp3) is 0.500. The van der Waals surface area contributed by atoms with E-state index in [1.807, 2.05) is 38.1 Å². The van der Waals surface area contributed by atoms with E-state index in [4.69, 9.17) is 9.47 Å². The van der Waals surface area contributed by atoms with Crippen LogP contribution in [0.25, 0.3) is 0 Å². The molecule has 0 amide bonds. The van der Waals surface area contributed by atoms with Crippen molar-refractivity contribution in [2.45, 2.75) is 66.6 Å². The molecular weight excluding hydrogens is 352 g/mol. The quantitative estimate of drug-likeness (QED) is 0.344. The molecule has 0 aliphatic carbocycles. The molecule has 0 saturated heterocycles. The van der Waals surface area contributed by atoms with Gasteiger partial charge in [0.1, 0.15) is 13.2 Å². The Labute approximate surface area is 170 Å². The van der Waals surface area contributed by atoms with E-state index >= 15 is 0 Å². The highest BCUT2D eigenvalue weighted by Crippen LogP contribution is 2.19. The second-order valence-electron chi connectivity index (χ2n) is 6.95. The Morgan fingerprint density at radius 3 is 2.00 bits per heavy atom. The molecule has 0 fully saturated rings. The van der Waals surface area contributed by atoms with Crippen molar-refractivity contribution in [2.24, 2.45) is 11.8 Å². The van der Waals surface area contributed by atoms with E-state index in [0.717, 1.165) is 11.1 Å². The molecule has 0 saturated carbocycles. The lowest BCUT2D eigenvalue weighted by Crippen LogP contribution is -2.22. The summed E-state index contributed by atoms with van der Waals surface area (Å²) in [6.07, 6.45) is 6.18. The van der Waals surface area contributed by atoms with E-state index in [1.165, 1.54) is 6.42 Å². The maximum atomic E-state index is 12.3. The van der Waals surface area contributed by atoms with E-state index in [1.54, 1.807) is 12.2 Å². The van der Waals surface area contributed by atoms with Crippen molar-refractivity contribution in [3.8, 4) is 0 Å². The normalized spacial score (nSPS) is 11.0. The summed E-state index contributed by atoms with van der Waals surface area (Å²) in [5.41, 5.74) is 1.68. The monoisotopic (exact) mass is 388 g/mol. The van der Waals surface area contributed by atoms with Gasteiger partial charge in [-0.1, -0.05) is 70.5 Å². The Bertz CT molecular complexity index is 604. The third kappa shape index (κ3) is 10.7. The predicted octanol–water partition coefficient (Wildman–Crippen LogP) is 6.00. The lowest BCUT2D eigenvalue weighted by atomic mass is 9.93. The van der Waals surface area contributed by atoms with Crippen molar-refractivity contribution in [1.29, 1.82) is 0 Å². The molecule has 1 aromatic carbocycles. The Morgan fingerprint density at radius 1 is 1.00 bits per heavy atom. The second-order valence-corrected chi connectivity index (χ2v) is 6.95. The highest BCUT2D eigenvalue weighted by Gasteiger charge is 2.22. The van der Waals surface area contributed by atoms with Crippen LogP contribution in [0.2, 0.25) is 0 Å². The molecule has 4 heteroatoms. The van der Waals surface area contributed by atoms with Crippen molar-refractivity contribution in [2.75, 3.05) is 0 Å². The van der Waals surface area contributed by atoms with Gasteiger partial charge in [-0.15, -0.1) is 13.2 Å². The van der Waals surface area contributed by atoms with E-state index < -0.39 is 0 Å². The molecule has 1 atom stereocenters. The highest BCUT2D eigenvalue weighted by atomic mass is 16.5. The van der Waals surface area contributed by atoms with Gasteiger partial charge in [-0.3, -0.25) is 9.59 Å². The first kappa shape index (κ1) is 25.6. The minimum Gasteiger partial charge on any atom is -0.461 e. The van der Waals surface area contributed by atoms with Gasteiger partial charge in [0.2, 0.25) is 0 Å². The van der Waals surface area contributed by atoms with E-state index in [2.05, 4.69) is 27.0 Å². The first-order valence-corrected chi connectivity index (χ1v) is 10.0. The molecule has 0 spiro atoms. The Hall–Kier alpha value is -2.36. The summed E-state index contributed by atoms with van der Waals surface area (Å²) >= 11 is 0. The van der Waals surface area contributed by atoms with Gasteiger partial charge in [0.25, 0.3) is 0 Å². The third-order valence-electron chi connectivity index (χ3n) is 3.96. The van der Waals surface area contributed by atoms with Crippen molar-refractivity contribution >= 4 is 11.9 Å². The minimum absolute atomic E-state index is 0.166. The maximum absolute atomic E-state index is 12.3. The zero-order chi connectivity index (χ0) is 21.4. The number of hydrogen-bond donors (Lipinski definition) is 0. The molecule has 1 unspecified atom stereocenters. The van der Waals surface area contributed by atoms with Crippen LogP contribution in [0.4, 0.5) is 0 Å². The number of rotatable bonds is 11. The van der Waals surface area contributed by atoms with Crippen LogP contribution in [-0.4, -0.2) is 11.9 Å². The number of allylic oxidation sites excluding steroid dienone is 2. The van der Waals surface area contributed by atoms with Crippen molar-refractivity contribution in [3.63, 3.8) is 0 Å². The molecule has 28 heavy (non-hydrogen) atoms. The summed E-state index contributed by atoms with van der Waals surface area (Å²) in [5, 5.41) is 0. The van der Waals surface area contributed by atoms with Gasteiger partial charge >= 0.3 is 11.9 Å². The molecule has 1 rings (SSSR count). The van der Waals surface area contributed by atoms with Gasteiger partial charge in [-0.25, -0.2) is 0 Å². The van der Waals surface area contributed by atoms with Crippen LogP contribution in [0, 0.1) is 11.8 Å². The van der Waals surface area contributed by atoms with E-state index in [-0.39, 0.29) is 37.0 Å². The molecule has 0 heterocycles. The smallest absolute Gasteiger partial charge is 0.309 e. The summed E-state index contributed by atoms with van der Waals surface area (Å²) in [6.45, 7) is 15.9. The van der Waals surface area contributed by atoms with Crippen molar-refractivity contribution in [1.82, 2.24) is 0 Å². The zero-order valence-electron chi connectivity index (χ0n) is 17.9. The van der Waals surface area contributed by atoms with Gasteiger partial charge in [0.15, 0.2) is 0 Å². The summed E-state index contributed by atoms with van der Waals surface area (Å²) < 4.78 is 10.7. The molecule has 0 radical (unpaired) electrons. The molecule has 156 valence electrons. The fourth-order valence-electron chi connectivity index (χ4n) is 2.37. The van der Waals surface area contributed by atoms with Crippen LogP contribution in [0.5, 0.6) is 0 Å². The molecule has 0 aliphatic heterocycles. The minimum atomic E-state index is -0.266. The lowest BCUT2D eigenvalue weighted by Gasteiger charge is -2.18. The molecule has 0 N–H and O–H groups in total. The van der Waals surface area contributed by atoms with Crippen LogP contribution >= 0.6 is 0 Å². The molecule has 0 aromatic heterocycles. The zero-order valence-corrected chi connectivity index (χ0v) is 17.9. The summed E-state index contributed by atoms with van der Waals surface area (Å²) in [6, 6.07) is 7.48. The first-order chi connectivity index (χ1) is 13.4. The van der Waals surface area contributed by atoms with Gasteiger partial charge in [0.05, 0.1) is 5.92 Å². The van der Waals surface area contributed by atoms with Crippen LogP contribution in [0.15, 0.2) is 49.6 Å². The Morgan fingerprint density at radius 2 is 1.54 bits per heavy atom. The second kappa shape index (κ2) is 15.7. The number of carbonyl (C=O) groups excluding carboxylic acids is 2. The third-order valence-corrected chi connectivity index (χ3v) is 3.96. The number of benzene rings is 1. The van der Waals surface area contributed by atoms with Gasteiger partial charge < -0.3 is 9.47 Å². The van der Waals surface area contributed by atoms with Crippen LogP contribution < -0.4 is 0 Å².